The Balaban J connectivity index is 1.79. The zero-order chi connectivity index (χ0) is 11.5. The monoisotopic (exact) mass is 224 g/mol. The van der Waals surface area contributed by atoms with E-state index in [0.717, 1.165) is 18.0 Å². The van der Waals surface area contributed by atoms with E-state index in [1.54, 1.807) is 0 Å². The van der Waals surface area contributed by atoms with Crippen LogP contribution in [0.5, 0.6) is 0 Å². The second kappa shape index (κ2) is 5.50. The number of nitrogens with zero attached hydrogens (tertiary/aromatic N) is 1. The van der Waals surface area contributed by atoms with Gasteiger partial charge in [0.05, 0.1) is 0 Å². The van der Waals surface area contributed by atoms with Crippen LogP contribution in [0.1, 0.15) is 58.8 Å². The Kier molecular flexibility index (Phi) is 4.26. The summed E-state index contributed by atoms with van der Waals surface area (Å²) in [5.41, 5.74) is 6.15. The van der Waals surface area contributed by atoms with E-state index in [-0.39, 0.29) is 0 Å². The van der Waals surface area contributed by atoms with Gasteiger partial charge in [0.2, 0.25) is 0 Å². The van der Waals surface area contributed by atoms with Crippen LogP contribution in [-0.2, 0) is 0 Å². The molecule has 2 nitrogen and oxygen atoms in total. The largest absolute Gasteiger partial charge is 0.327 e. The quantitative estimate of drug-likeness (QED) is 0.798. The summed E-state index contributed by atoms with van der Waals surface area (Å²) in [5.74, 6) is 0.807. The van der Waals surface area contributed by atoms with Crippen molar-refractivity contribution in [3.05, 3.63) is 0 Å². The Morgan fingerprint density at radius 2 is 1.62 bits per heavy atom. The van der Waals surface area contributed by atoms with Crippen molar-refractivity contribution in [1.29, 1.82) is 0 Å². The Morgan fingerprint density at radius 3 is 2.19 bits per heavy atom. The van der Waals surface area contributed by atoms with Gasteiger partial charge < -0.3 is 5.73 Å². The highest BCUT2D eigenvalue weighted by Crippen LogP contribution is 2.29. The molecule has 0 aromatic rings. The first-order chi connectivity index (χ1) is 7.68. The smallest absolute Gasteiger partial charge is 0.00697 e. The van der Waals surface area contributed by atoms with Crippen LogP contribution in [0, 0.1) is 5.92 Å². The van der Waals surface area contributed by atoms with Crippen molar-refractivity contribution in [3.63, 3.8) is 0 Å². The van der Waals surface area contributed by atoms with Crippen molar-refractivity contribution < 1.29 is 0 Å². The lowest BCUT2D eigenvalue weighted by Gasteiger charge is -2.39. The molecule has 2 heteroatoms. The van der Waals surface area contributed by atoms with E-state index < -0.39 is 0 Å². The van der Waals surface area contributed by atoms with Crippen molar-refractivity contribution in [1.82, 2.24) is 4.90 Å². The average molecular weight is 224 g/mol. The fourth-order valence-corrected chi connectivity index (χ4v) is 3.65. The van der Waals surface area contributed by atoms with E-state index in [1.165, 1.54) is 51.5 Å². The van der Waals surface area contributed by atoms with Crippen LogP contribution in [-0.4, -0.2) is 29.6 Å². The van der Waals surface area contributed by atoms with Gasteiger partial charge in [-0.05, 0) is 58.4 Å². The fraction of sp³-hybridized carbons (Fsp3) is 1.00. The predicted octanol–water partition coefficient (Wildman–Crippen LogP) is 2.77. The van der Waals surface area contributed by atoms with Gasteiger partial charge in [-0.3, -0.25) is 4.90 Å². The molecule has 0 amide bonds. The van der Waals surface area contributed by atoms with Gasteiger partial charge in [-0.1, -0.05) is 12.8 Å². The second-order valence-electron chi connectivity index (χ2n) is 6.01. The highest BCUT2D eigenvalue weighted by atomic mass is 15.2. The predicted molar refractivity (Wildman–Crippen MR) is 69.4 cm³/mol. The molecule has 16 heavy (non-hydrogen) atoms. The molecule has 1 heterocycles. The van der Waals surface area contributed by atoms with E-state index >= 15 is 0 Å². The molecule has 2 aliphatic rings. The third kappa shape index (κ3) is 2.78. The Bertz CT molecular complexity index is 207. The third-order valence-electron chi connectivity index (χ3n) is 4.85. The van der Waals surface area contributed by atoms with E-state index in [2.05, 4.69) is 18.7 Å². The summed E-state index contributed by atoms with van der Waals surface area (Å²) in [7, 11) is 0. The molecule has 4 atom stereocenters. The number of hydrogen-bond donors (Lipinski definition) is 1. The first kappa shape index (κ1) is 12.4. The van der Waals surface area contributed by atoms with Crippen LogP contribution in [0.4, 0.5) is 0 Å². The molecule has 2 fully saturated rings. The minimum atomic E-state index is 0.496. The molecule has 0 radical (unpaired) electrons. The maximum Gasteiger partial charge on any atom is 0.00697 e. The van der Waals surface area contributed by atoms with Gasteiger partial charge in [0.15, 0.2) is 0 Å². The number of rotatable bonds is 3. The first-order valence-electron chi connectivity index (χ1n) is 7.20. The van der Waals surface area contributed by atoms with Crippen molar-refractivity contribution in [3.8, 4) is 0 Å². The molecule has 0 aromatic heterocycles. The standard InChI is InChI=1S/C14H28N2/c1-11-5-3-6-12(2)16(11)10-9-13-7-4-8-14(13)15/h11-14H,3-10,15H2,1-2H3/t11-,12+,13?,14?. The van der Waals surface area contributed by atoms with Gasteiger partial charge >= 0.3 is 0 Å². The Labute approximate surface area is 101 Å². The fourth-order valence-electron chi connectivity index (χ4n) is 3.65. The van der Waals surface area contributed by atoms with Gasteiger partial charge in [0, 0.05) is 18.1 Å². The molecule has 1 saturated carbocycles. The van der Waals surface area contributed by atoms with Crippen LogP contribution >= 0.6 is 0 Å². The van der Waals surface area contributed by atoms with Gasteiger partial charge in [-0.15, -0.1) is 0 Å². The SMILES string of the molecule is C[C@@H]1CCC[C@H](C)N1CCC1CCCC1N. The summed E-state index contributed by atoms with van der Waals surface area (Å²) in [6.45, 7) is 6.06. The summed E-state index contributed by atoms with van der Waals surface area (Å²) >= 11 is 0. The second-order valence-corrected chi connectivity index (χ2v) is 6.01. The van der Waals surface area contributed by atoms with Gasteiger partial charge in [0.1, 0.15) is 0 Å². The van der Waals surface area contributed by atoms with Gasteiger partial charge in [-0.25, -0.2) is 0 Å². The molecular formula is C14H28N2. The number of likely N-dealkylation sites (tertiary alicyclic amines) is 1. The maximum atomic E-state index is 6.15. The van der Waals surface area contributed by atoms with E-state index in [1.807, 2.05) is 0 Å². The first-order valence-corrected chi connectivity index (χ1v) is 7.20. The number of nitrogens with two attached hydrogens (primary N) is 1. The zero-order valence-corrected chi connectivity index (χ0v) is 11.0. The van der Waals surface area contributed by atoms with Crippen molar-refractivity contribution in [2.75, 3.05) is 6.54 Å². The van der Waals surface area contributed by atoms with Gasteiger partial charge in [-0.2, -0.15) is 0 Å². The molecule has 0 spiro atoms. The lowest BCUT2D eigenvalue weighted by molar-refractivity contribution is 0.0952. The van der Waals surface area contributed by atoms with Crippen LogP contribution in [0.25, 0.3) is 0 Å². The molecule has 2 N–H and O–H groups in total. The normalized spacial score (nSPS) is 41.4. The van der Waals surface area contributed by atoms with Gasteiger partial charge in [0.25, 0.3) is 0 Å². The van der Waals surface area contributed by atoms with Crippen molar-refractivity contribution in [2.45, 2.75) is 76.9 Å². The topological polar surface area (TPSA) is 29.3 Å². The molecule has 0 bridgehead atoms. The number of hydrogen-bond acceptors (Lipinski definition) is 2. The molecule has 1 aliphatic heterocycles. The van der Waals surface area contributed by atoms with Crippen LogP contribution in [0.2, 0.25) is 0 Å². The number of piperidine rings is 1. The van der Waals surface area contributed by atoms with E-state index in [9.17, 15) is 0 Å². The Morgan fingerprint density at radius 1 is 1.00 bits per heavy atom. The Hall–Kier alpha value is -0.0800. The summed E-state index contributed by atoms with van der Waals surface area (Å²) in [5, 5.41) is 0. The molecule has 1 saturated heterocycles. The molecule has 0 aromatic carbocycles. The van der Waals surface area contributed by atoms with Crippen molar-refractivity contribution in [2.24, 2.45) is 11.7 Å². The third-order valence-corrected chi connectivity index (χ3v) is 4.85. The molecule has 94 valence electrons. The maximum absolute atomic E-state index is 6.15. The molecule has 2 rings (SSSR count). The molecular weight excluding hydrogens is 196 g/mol. The van der Waals surface area contributed by atoms with Crippen molar-refractivity contribution >= 4 is 0 Å². The zero-order valence-electron chi connectivity index (χ0n) is 11.0. The molecule has 1 aliphatic carbocycles. The highest BCUT2D eigenvalue weighted by Gasteiger charge is 2.28. The minimum absolute atomic E-state index is 0.496. The summed E-state index contributed by atoms with van der Waals surface area (Å²) < 4.78 is 0. The summed E-state index contributed by atoms with van der Waals surface area (Å²) in [6.07, 6.45) is 9.52. The minimum Gasteiger partial charge on any atom is -0.327 e. The summed E-state index contributed by atoms with van der Waals surface area (Å²) in [6, 6.07) is 2.08. The average Bonchev–Trinajstić information content (AvgIpc) is 2.64. The van der Waals surface area contributed by atoms with Crippen LogP contribution in [0.3, 0.4) is 0 Å². The molecule has 2 unspecified atom stereocenters. The lowest BCUT2D eigenvalue weighted by Crippen LogP contribution is -2.45. The van der Waals surface area contributed by atoms with E-state index in [4.69, 9.17) is 5.73 Å². The highest BCUT2D eigenvalue weighted by molar-refractivity contribution is 4.84. The van der Waals surface area contributed by atoms with Crippen LogP contribution < -0.4 is 5.73 Å². The van der Waals surface area contributed by atoms with Crippen LogP contribution in [0.15, 0.2) is 0 Å². The summed E-state index contributed by atoms with van der Waals surface area (Å²) in [4.78, 5) is 2.72. The van der Waals surface area contributed by atoms with E-state index in [0.29, 0.717) is 6.04 Å². The lowest BCUT2D eigenvalue weighted by atomic mass is 9.94.